The number of nitrogens with zero attached hydrogens (tertiary/aromatic N) is 1. The van der Waals surface area contributed by atoms with E-state index in [0.29, 0.717) is 6.42 Å². The number of amides is 1. The molecule has 3 rings (SSSR count). The number of nitrogens with one attached hydrogen (secondary N) is 1. The van der Waals surface area contributed by atoms with Gasteiger partial charge in [0.25, 0.3) is 0 Å². The second-order valence-corrected chi connectivity index (χ2v) is 6.54. The van der Waals surface area contributed by atoms with Gasteiger partial charge in [0.2, 0.25) is 5.91 Å². The van der Waals surface area contributed by atoms with Gasteiger partial charge in [-0.05, 0) is 64.5 Å². The topological polar surface area (TPSA) is 32.3 Å². The van der Waals surface area contributed by atoms with E-state index in [4.69, 9.17) is 0 Å². The normalized spacial score (nSPS) is 15.2. The van der Waals surface area contributed by atoms with Crippen molar-refractivity contribution in [2.45, 2.75) is 12.5 Å². The Bertz CT molecular complexity index is 682. The number of likely N-dealkylation sites (N-methyl/N-ethyl adjacent to an activating group) is 1. The van der Waals surface area contributed by atoms with Gasteiger partial charge in [-0.2, -0.15) is 0 Å². The number of rotatable bonds is 3. The van der Waals surface area contributed by atoms with Crippen molar-refractivity contribution in [1.29, 1.82) is 0 Å². The zero-order chi connectivity index (χ0) is 15.0. The van der Waals surface area contributed by atoms with Crippen LogP contribution in [0.15, 0.2) is 42.5 Å². The van der Waals surface area contributed by atoms with Crippen molar-refractivity contribution in [2.24, 2.45) is 0 Å². The maximum atomic E-state index is 11.8. The van der Waals surface area contributed by atoms with Crippen LogP contribution in [0.3, 0.4) is 0 Å². The zero-order valence-corrected chi connectivity index (χ0v) is 14.2. The lowest BCUT2D eigenvalue weighted by Gasteiger charge is -2.19. The minimum atomic E-state index is 0.147. The molecule has 1 N–H and O–H groups in total. The molecular weight excluding hydrogens is 375 g/mol. The molecule has 4 heteroatoms. The number of hydrogen-bond donors (Lipinski definition) is 1. The molecular formula is C17H17IN2O. The number of halogens is 1. The van der Waals surface area contributed by atoms with E-state index in [1.54, 1.807) is 4.90 Å². The smallest absolute Gasteiger partial charge is 0.231 e. The first-order chi connectivity index (χ1) is 10.1. The summed E-state index contributed by atoms with van der Waals surface area (Å²) in [5, 5.41) is 3.37. The average molecular weight is 392 g/mol. The molecule has 0 aromatic heterocycles. The Morgan fingerprint density at radius 1 is 1.14 bits per heavy atom. The first-order valence-corrected chi connectivity index (χ1v) is 8.00. The molecule has 1 aliphatic rings. The molecule has 0 saturated heterocycles. The predicted octanol–water partition coefficient (Wildman–Crippen LogP) is 3.12. The van der Waals surface area contributed by atoms with E-state index in [1.165, 1.54) is 14.7 Å². The molecule has 1 aliphatic heterocycles. The molecule has 1 unspecified atom stereocenters. The van der Waals surface area contributed by atoms with Gasteiger partial charge in [0.15, 0.2) is 0 Å². The molecule has 3 nitrogen and oxygen atoms in total. The molecule has 2 aromatic carbocycles. The number of carbonyl (C=O) groups is 1. The van der Waals surface area contributed by atoms with Gasteiger partial charge in [-0.15, -0.1) is 0 Å². The van der Waals surface area contributed by atoms with Crippen molar-refractivity contribution in [3.05, 3.63) is 62.7 Å². The molecule has 0 saturated carbocycles. The monoisotopic (exact) mass is 392 g/mol. The number of benzene rings is 2. The van der Waals surface area contributed by atoms with Crippen molar-refractivity contribution in [3.63, 3.8) is 0 Å². The van der Waals surface area contributed by atoms with Crippen LogP contribution in [0.25, 0.3) is 0 Å². The Kier molecular flexibility index (Phi) is 3.99. The van der Waals surface area contributed by atoms with Crippen LogP contribution >= 0.6 is 22.6 Å². The summed E-state index contributed by atoms with van der Waals surface area (Å²) in [6.45, 7) is 0. The molecule has 0 spiro atoms. The Morgan fingerprint density at radius 3 is 2.48 bits per heavy atom. The van der Waals surface area contributed by atoms with E-state index >= 15 is 0 Å². The molecule has 21 heavy (non-hydrogen) atoms. The van der Waals surface area contributed by atoms with Gasteiger partial charge in [0.05, 0.1) is 12.5 Å². The van der Waals surface area contributed by atoms with Crippen LogP contribution in [-0.2, 0) is 11.2 Å². The van der Waals surface area contributed by atoms with Crippen molar-refractivity contribution < 1.29 is 4.79 Å². The van der Waals surface area contributed by atoms with Gasteiger partial charge in [0, 0.05) is 16.3 Å². The first-order valence-electron chi connectivity index (χ1n) is 6.92. The van der Waals surface area contributed by atoms with Crippen molar-refractivity contribution in [1.82, 2.24) is 5.32 Å². The zero-order valence-electron chi connectivity index (χ0n) is 12.1. The molecule has 0 radical (unpaired) electrons. The highest BCUT2D eigenvalue weighted by Gasteiger charge is 2.25. The van der Waals surface area contributed by atoms with Crippen LogP contribution in [0.2, 0.25) is 0 Å². The fourth-order valence-electron chi connectivity index (χ4n) is 2.85. The molecule has 2 aromatic rings. The van der Waals surface area contributed by atoms with Gasteiger partial charge in [0.1, 0.15) is 0 Å². The Hall–Kier alpha value is -1.40. The second kappa shape index (κ2) is 5.77. The second-order valence-electron chi connectivity index (χ2n) is 5.29. The molecule has 1 atom stereocenters. The summed E-state index contributed by atoms with van der Waals surface area (Å²) < 4.78 is 1.23. The summed E-state index contributed by atoms with van der Waals surface area (Å²) in [6.07, 6.45) is 0.503. The average Bonchev–Trinajstić information content (AvgIpc) is 2.77. The molecule has 1 heterocycles. The quantitative estimate of drug-likeness (QED) is 0.815. The summed E-state index contributed by atoms with van der Waals surface area (Å²) in [5.74, 6) is 0.164. The number of fused-ring (bicyclic) bond motifs is 1. The molecule has 108 valence electrons. The largest absolute Gasteiger partial charge is 0.315 e. The minimum Gasteiger partial charge on any atom is -0.315 e. The molecule has 0 fully saturated rings. The van der Waals surface area contributed by atoms with Crippen LogP contribution in [0.1, 0.15) is 22.7 Å². The van der Waals surface area contributed by atoms with Crippen LogP contribution in [0.5, 0.6) is 0 Å². The lowest BCUT2D eigenvalue weighted by Crippen LogP contribution is -2.20. The van der Waals surface area contributed by atoms with E-state index in [0.717, 1.165) is 11.3 Å². The lowest BCUT2D eigenvalue weighted by molar-refractivity contribution is -0.117. The van der Waals surface area contributed by atoms with Gasteiger partial charge in [-0.1, -0.05) is 24.3 Å². The van der Waals surface area contributed by atoms with E-state index in [-0.39, 0.29) is 11.9 Å². The number of carbonyl (C=O) groups excluding carboxylic acids is 1. The van der Waals surface area contributed by atoms with Crippen molar-refractivity contribution in [3.8, 4) is 0 Å². The van der Waals surface area contributed by atoms with Crippen LogP contribution in [-0.4, -0.2) is 20.0 Å². The summed E-state index contributed by atoms with van der Waals surface area (Å²) >= 11 is 2.31. The molecule has 0 bridgehead atoms. The van der Waals surface area contributed by atoms with E-state index in [2.05, 4.69) is 64.3 Å². The number of hydrogen-bond acceptors (Lipinski definition) is 2. The van der Waals surface area contributed by atoms with Gasteiger partial charge >= 0.3 is 0 Å². The van der Waals surface area contributed by atoms with Gasteiger partial charge in [-0.3, -0.25) is 4.79 Å². The molecule has 1 amide bonds. The van der Waals surface area contributed by atoms with Crippen molar-refractivity contribution >= 4 is 34.2 Å². The summed E-state index contributed by atoms with van der Waals surface area (Å²) in [6, 6.07) is 15.0. The minimum absolute atomic E-state index is 0.147. The third kappa shape index (κ3) is 2.70. The van der Waals surface area contributed by atoms with Crippen molar-refractivity contribution in [2.75, 3.05) is 19.0 Å². The fraction of sp³-hybridized carbons (Fsp3) is 0.235. The highest BCUT2D eigenvalue weighted by molar-refractivity contribution is 14.1. The predicted molar refractivity (Wildman–Crippen MR) is 93.6 cm³/mol. The van der Waals surface area contributed by atoms with Gasteiger partial charge in [-0.25, -0.2) is 0 Å². The Balaban J connectivity index is 1.97. The maximum Gasteiger partial charge on any atom is 0.231 e. The van der Waals surface area contributed by atoms with Crippen LogP contribution < -0.4 is 10.2 Å². The van der Waals surface area contributed by atoms with Gasteiger partial charge < -0.3 is 10.2 Å². The van der Waals surface area contributed by atoms with E-state index < -0.39 is 0 Å². The molecule has 0 aliphatic carbocycles. The summed E-state index contributed by atoms with van der Waals surface area (Å²) in [7, 11) is 3.80. The highest BCUT2D eigenvalue weighted by Crippen LogP contribution is 2.32. The lowest BCUT2D eigenvalue weighted by atomic mass is 9.96. The summed E-state index contributed by atoms with van der Waals surface area (Å²) in [5.41, 5.74) is 4.57. The van der Waals surface area contributed by atoms with E-state index in [1.807, 2.05) is 20.2 Å². The fourth-order valence-corrected chi connectivity index (χ4v) is 3.21. The van der Waals surface area contributed by atoms with E-state index in [9.17, 15) is 4.79 Å². The van der Waals surface area contributed by atoms with Crippen LogP contribution in [0, 0.1) is 3.57 Å². The standard InChI is InChI=1S/C17H17IN2O/c1-19-17(11-3-6-14(18)7-4-11)12-5-8-15-13(9-12)10-16(21)20(15)2/h3-9,17,19H,10H2,1-2H3. The SMILES string of the molecule is CNC(c1ccc(I)cc1)c1ccc2c(c1)CC(=O)N2C. The Labute approximate surface area is 138 Å². The highest BCUT2D eigenvalue weighted by atomic mass is 127. The summed E-state index contributed by atoms with van der Waals surface area (Å²) in [4.78, 5) is 13.5. The van der Waals surface area contributed by atoms with Crippen LogP contribution in [0.4, 0.5) is 5.69 Å². The third-order valence-electron chi connectivity index (χ3n) is 4.01. The third-order valence-corrected chi connectivity index (χ3v) is 4.73. The number of anilines is 1. The Morgan fingerprint density at radius 2 is 1.81 bits per heavy atom. The maximum absolute atomic E-state index is 11.8. The first kappa shape index (κ1) is 14.5.